The van der Waals surface area contributed by atoms with Gasteiger partial charge in [0.2, 0.25) is 17.7 Å². The zero-order valence-corrected chi connectivity index (χ0v) is 16.3. The number of aryl methyl sites for hydroxylation is 1. The van der Waals surface area contributed by atoms with Gasteiger partial charge >= 0.3 is 0 Å². The molecule has 6 heteroatoms. The van der Waals surface area contributed by atoms with Crippen molar-refractivity contribution in [1.29, 1.82) is 0 Å². The summed E-state index contributed by atoms with van der Waals surface area (Å²) in [4.78, 5) is 40.3. The van der Waals surface area contributed by atoms with Gasteiger partial charge in [0, 0.05) is 44.7 Å². The summed E-state index contributed by atoms with van der Waals surface area (Å²) in [7, 11) is 0. The van der Waals surface area contributed by atoms with Gasteiger partial charge in [-0.3, -0.25) is 14.4 Å². The van der Waals surface area contributed by atoms with Gasteiger partial charge in [-0.15, -0.1) is 0 Å². The first-order chi connectivity index (χ1) is 12.9. The highest BCUT2D eigenvalue weighted by Crippen LogP contribution is 2.24. The Morgan fingerprint density at radius 1 is 1.04 bits per heavy atom. The van der Waals surface area contributed by atoms with Crippen molar-refractivity contribution in [3.63, 3.8) is 0 Å². The van der Waals surface area contributed by atoms with Crippen LogP contribution in [0.4, 0.5) is 5.69 Å². The van der Waals surface area contributed by atoms with Crippen LogP contribution in [-0.4, -0.2) is 53.7 Å². The van der Waals surface area contributed by atoms with E-state index in [9.17, 15) is 14.4 Å². The number of amides is 3. The summed E-state index contributed by atoms with van der Waals surface area (Å²) < 4.78 is 0. The first-order valence-electron chi connectivity index (χ1n) is 9.89. The lowest BCUT2D eigenvalue weighted by atomic mass is 9.99. The maximum atomic E-state index is 12.7. The van der Waals surface area contributed by atoms with E-state index in [0.717, 1.165) is 36.2 Å². The highest BCUT2D eigenvalue weighted by Gasteiger charge is 2.23. The predicted molar refractivity (Wildman–Crippen MR) is 104 cm³/mol. The van der Waals surface area contributed by atoms with Gasteiger partial charge < -0.3 is 15.1 Å². The Morgan fingerprint density at radius 3 is 2.44 bits per heavy atom. The van der Waals surface area contributed by atoms with E-state index in [1.165, 1.54) is 0 Å². The normalized spacial score (nSPS) is 17.4. The van der Waals surface area contributed by atoms with E-state index in [-0.39, 0.29) is 17.7 Å². The largest absolute Gasteiger partial charge is 0.341 e. The minimum absolute atomic E-state index is 0.0486. The average Bonchev–Trinajstić information content (AvgIpc) is 2.87. The number of carbonyl (C=O) groups is 3. The Morgan fingerprint density at radius 2 is 1.74 bits per heavy atom. The second-order valence-electron chi connectivity index (χ2n) is 7.93. The lowest BCUT2D eigenvalue weighted by Crippen LogP contribution is -2.38. The molecule has 146 valence electrons. The zero-order valence-electron chi connectivity index (χ0n) is 16.3. The molecule has 0 spiro atoms. The maximum absolute atomic E-state index is 12.7. The van der Waals surface area contributed by atoms with Gasteiger partial charge in [-0.05, 0) is 36.0 Å². The van der Waals surface area contributed by atoms with Gasteiger partial charge in [-0.2, -0.15) is 0 Å². The fourth-order valence-corrected chi connectivity index (χ4v) is 3.73. The van der Waals surface area contributed by atoms with Gasteiger partial charge in [0.1, 0.15) is 0 Å². The molecule has 1 N–H and O–H groups in total. The maximum Gasteiger partial charge on any atom is 0.227 e. The van der Waals surface area contributed by atoms with Crippen LogP contribution < -0.4 is 5.32 Å². The highest BCUT2D eigenvalue weighted by molar-refractivity contribution is 5.94. The molecule has 3 amide bonds. The number of hydrogen-bond donors (Lipinski definition) is 1. The minimum atomic E-state index is 0.0486. The molecule has 1 saturated heterocycles. The van der Waals surface area contributed by atoms with Gasteiger partial charge in [0.25, 0.3) is 0 Å². The standard InChI is InChI=1S/C21H29N3O3/c1-15(2)12-20(26)23-8-3-9-24(11-10-23)21(27)14-16-4-6-18-17(13-16)5-7-19(25)22-18/h4,6,13,15H,3,5,7-12,14H2,1-2H3,(H,22,25). The third kappa shape index (κ3) is 5.08. The first kappa shape index (κ1) is 19.4. The summed E-state index contributed by atoms with van der Waals surface area (Å²) >= 11 is 0. The molecule has 0 radical (unpaired) electrons. The molecule has 2 aliphatic heterocycles. The van der Waals surface area contributed by atoms with Gasteiger partial charge in [0.05, 0.1) is 6.42 Å². The van der Waals surface area contributed by atoms with Crippen molar-refractivity contribution >= 4 is 23.4 Å². The predicted octanol–water partition coefficient (Wildman–Crippen LogP) is 2.22. The smallest absolute Gasteiger partial charge is 0.227 e. The molecule has 1 aromatic rings. The van der Waals surface area contributed by atoms with Crippen molar-refractivity contribution in [3.8, 4) is 0 Å². The van der Waals surface area contributed by atoms with Gasteiger partial charge in [-0.1, -0.05) is 26.0 Å². The molecule has 2 aliphatic rings. The third-order valence-electron chi connectivity index (χ3n) is 5.20. The van der Waals surface area contributed by atoms with Crippen LogP contribution in [0.15, 0.2) is 18.2 Å². The van der Waals surface area contributed by atoms with Crippen LogP contribution in [0.2, 0.25) is 0 Å². The number of nitrogens with one attached hydrogen (secondary N) is 1. The number of nitrogens with zero attached hydrogens (tertiary/aromatic N) is 2. The van der Waals surface area contributed by atoms with Crippen LogP contribution in [-0.2, 0) is 27.2 Å². The molecule has 1 aromatic carbocycles. The van der Waals surface area contributed by atoms with Crippen LogP contribution in [0.3, 0.4) is 0 Å². The number of fused-ring (bicyclic) bond motifs is 1. The summed E-state index contributed by atoms with van der Waals surface area (Å²) in [5.41, 5.74) is 2.93. The lowest BCUT2D eigenvalue weighted by molar-refractivity contribution is -0.133. The van der Waals surface area contributed by atoms with Crippen molar-refractivity contribution in [2.45, 2.75) is 46.0 Å². The number of benzene rings is 1. The number of carbonyl (C=O) groups excluding carboxylic acids is 3. The third-order valence-corrected chi connectivity index (χ3v) is 5.20. The van der Waals surface area contributed by atoms with Gasteiger partial charge in [-0.25, -0.2) is 0 Å². The zero-order chi connectivity index (χ0) is 19.4. The summed E-state index contributed by atoms with van der Waals surface area (Å²) in [5.74, 6) is 0.698. The van der Waals surface area contributed by atoms with Crippen LogP contribution in [0, 0.1) is 5.92 Å². The molecule has 0 atom stereocenters. The molecule has 6 nitrogen and oxygen atoms in total. The quantitative estimate of drug-likeness (QED) is 0.882. The lowest BCUT2D eigenvalue weighted by Gasteiger charge is -2.23. The van der Waals surface area contributed by atoms with E-state index in [1.54, 1.807) is 0 Å². The fraction of sp³-hybridized carbons (Fsp3) is 0.571. The van der Waals surface area contributed by atoms with E-state index in [4.69, 9.17) is 0 Å². The molecule has 2 heterocycles. The van der Waals surface area contributed by atoms with Crippen LogP contribution >= 0.6 is 0 Å². The van der Waals surface area contributed by atoms with Crippen molar-refractivity contribution in [2.75, 3.05) is 31.5 Å². The van der Waals surface area contributed by atoms with Crippen LogP contribution in [0.5, 0.6) is 0 Å². The topological polar surface area (TPSA) is 69.7 Å². The minimum Gasteiger partial charge on any atom is -0.341 e. The average molecular weight is 371 g/mol. The molecular weight excluding hydrogens is 342 g/mol. The SMILES string of the molecule is CC(C)CC(=O)N1CCCN(C(=O)Cc2ccc3c(c2)CCC(=O)N3)CC1. The summed E-state index contributed by atoms with van der Waals surface area (Å²) in [6, 6.07) is 5.84. The summed E-state index contributed by atoms with van der Waals surface area (Å²) in [6.07, 6.45) is 2.98. The van der Waals surface area contributed by atoms with Crippen LogP contribution in [0.25, 0.3) is 0 Å². The van der Waals surface area contributed by atoms with E-state index < -0.39 is 0 Å². The van der Waals surface area contributed by atoms with Crippen molar-refractivity contribution in [3.05, 3.63) is 29.3 Å². The van der Waals surface area contributed by atoms with Crippen molar-refractivity contribution in [1.82, 2.24) is 9.80 Å². The molecule has 0 saturated carbocycles. The van der Waals surface area contributed by atoms with Crippen molar-refractivity contribution < 1.29 is 14.4 Å². The molecule has 0 aliphatic carbocycles. The molecule has 3 rings (SSSR count). The Bertz CT molecular complexity index is 729. The number of anilines is 1. The number of rotatable bonds is 4. The van der Waals surface area contributed by atoms with E-state index in [0.29, 0.717) is 44.8 Å². The Hall–Kier alpha value is -2.37. The Balaban J connectivity index is 1.57. The summed E-state index contributed by atoms with van der Waals surface area (Å²) in [5, 5.41) is 2.87. The molecule has 0 unspecified atom stereocenters. The molecule has 0 aromatic heterocycles. The molecule has 1 fully saturated rings. The summed E-state index contributed by atoms with van der Waals surface area (Å²) in [6.45, 7) is 6.75. The van der Waals surface area contributed by atoms with E-state index in [2.05, 4.69) is 19.2 Å². The van der Waals surface area contributed by atoms with E-state index >= 15 is 0 Å². The molecule has 27 heavy (non-hydrogen) atoms. The molecule has 0 bridgehead atoms. The second kappa shape index (κ2) is 8.55. The highest BCUT2D eigenvalue weighted by atomic mass is 16.2. The fourth-order valence-electron chi connectivity index (χ4n) is 3.73. The van der Waals surface area contributed by atoms with Crippen molar-refractivity contribution in [2.24, 2.45) is 5.92 Å². The Labute approximate surface area is 160 Å². The number of hydrogen-bond acceptors (Lipinski definition) is 3. The van der Waals surface area contributed by atoms with E-state index in [1.807, 2.05) is 28.0 Å². The Kier molecular flexibility index (Phi) is 6.14. The van der Waals surface area contributed by atoms with Crippen LogP contribution in [0.1, 0.15) is 44.2 Å². The molecular formula is C21H29N3O3. The van der Waals surface area contributed by atoms with Gasteiger partial charge in [0.15, 0.2) is 0 Å². The monoisotopic (exact) mass is 371 g/mol. The first-order valence-corrected chi connectivity index (χ1v) is 9.89. The second-order valence-corrected chi connectivity index (χ2v) is 7.93.